The van der Waals surface area contributed by atoms with Gasteiger partial charge in [-0.15, -0.1) is 0 Å². The van der Waals surface area contributed by atoms with Crippen LogP contribution in [0.5, 0.6) is 0 Å². The topological polar surface area (TPSA) is 65.5 Å². The van der Waals surface area contributed by atoms with Gasteiger partial charge in [0.25, 0.3) is 0 Å². The van der Waals surface area contributed by atoms with Gasteiger partial charge in [-0.05, 0) is 26.1 Å². The van der Waals surface area contributed by atoms with Gasteiger partial charge in [-0.3, -0.25) is 19.7 Å². The van der Waals surface area contributed by atoms with Crippen LogP contribution in [0.25, 0.3) is 0 Å². The van der Waals surface area contributed by atoms with Crippen LogP contribution < -0.4 is 4.90 Å². The van der Waals surface area contributed by atoms with Crippen molar-refractivity contribution < 1.29 is 4.79 Å². The molecule has 132 valence electrons. The number of hydrogen-bond acceptors (Lipinski definition) is 6. The Morgan fingerprint density at radius 1 is 1.16 bits per heavy atom. The molecule has 1 aliphatic heterocycles. The second-order valence-electron chi connectivity index (χ2n) is 6.28. The molecule has 0 bridgehead atoms. The van der Waals surface area contributed by atoms with E-state index >= 15 is 0 Å². The Bertz CT molecular complexity index is 672. The lowest BCUT2D eigenvalue weighted by molar-refractivity contribution is -0.132. The minimum Gasteiger partial charge on any atom is -0.352 e. The van der Waals surface area contributed by atoms with Gasteiger partial charge in [-0.1, -0.05) is 6.07 Å². The molecule has 1 saturated heterocycles. The predicted molar refractivity (Wildman–Crippen MR) is 96.1 cm³/mol. The first-order valence-corrected chi connectivity index (χ1v) is 8.55. The molecule has 1 aliphatic rings. The Balaban J connectivity index is 1.51. The summed E-state index contributed by atoms with van der Waals surface area (Å²) >= 11 is 0. The van der Waals surface area contributed by atoms with Crippen molar-refractivity contribution in [3.8, 4) is 0 Å². The number of rotatable bonds is 5. The zero-order chi connectivity index (χ0) is 17.6. The van der Waals surface area contributed by atoms with E-state index < -0.39 is 0 Å². The summed E-state index contributed by atoms with van der Waals surface area (Å²) in [5.41, 5.74) is 0.977. The highest BCUT2D eigenvalue weighted by Gasteiger charge is 2.24. The SMILES string of the molecule is C[C@@H](c1ccccn1)N(C)CC(=O)N1CCN(c2cnccn2)CC1. The Kier molecular flexibility index (Phi) is 5.55. The molecule has 0 unspecified atom stereocenters. The lowest BCUT2D eigenvalue weighted by Gasteiger charge is -2.36. The Morgan fingerprint density at radius 3 is 2.60 bits per heavy atom. The molecule has 1 fully saturated rings. The molecule has 25 heavy (non-hydrogen) atoms. The maximum absolute atomic E-state index is 12.6. The molecule has 1 atom stereocenters. The summed E-state index contributed by atoms with van der Waals surface area (Å²) in [5, 5.41) is 0. The van der Waals surface area contributed by atoms with Crippen LogP contribution in [0.3, 0.4) is 0 Å². The van der Waals surface area contributed by atoms with E-state index in [1.165, 1.54) is 0 Å². The molecule has 0 spiro atoms. The summed E-state index contributed by atoms with van der Waals surface area (Å²) in [4.78, 5) is 31.5. The van der Waals surface area contributed by atoms with E-state index in [0.29, 0.717) is 19.6 Å². The number of piperazine rings is 1. The molecule has 7 nitrogen and oxygen atoms in total. The number of hydrogen-bond donors (Lipinski definition) is 0. The van der Waals surface area contributed by atoms with Gasteiger partial charge in [-0.2, -0.15) is 0 Å². The second-order valence-corrected chi connectivity index (χ2v) is 6.28. The van der Waals surface area contributed by atoms with E-state index in [4.69, 9.17) is 0 Å². The fourth-order valence-corrected chi connectivity index (χ4v) is 2.94. The van der Waals surface area contributed by atoms with Crippen molar-refractivity contribution in [2.45, 2.75) is 13.0 Å². The highest BCUT2D eigenvalue weighted by molar-refractivity contribution is 5.78. The molecule has 7 heteroatoms. The summed E-state index contributed by atoms with van der Waals surface area (Å²) in [7, 11) is 1.97. The quantitative estimate of drug-likeness (QED) is 0.815. The summed E-state index contributed by atoms with van der Waals surface area (Å²) in [6.45, 7) is 5.45. The molecule has 1 amide bonds. The molecule has 0 radical (unpaired) electrons. The number of pyridine rings is 1. The van der Waals surface area contributed by atoms with Gasteiger partial charge in [0.15, 0.2) is 0 Å². The van der Waals surface area contributed by atoms with Crippen LogP contribution in [-0.2, 0) is 4.79 Å². The summed E-state index contributed by atoms with van der Waals surface area (Å²) in [6, 6.07) is 5.97. The van der Waals surface area contributed by atoms with E-state index in [1.807, 2.05) is 35.0 Å². The van der Waals surface area contributed by atoms with Gasteiger partial charge >= 0.3 is 0 Å². The fourth-order valence-electron chi connectivity index (χ4n) is 2.94. The van der Waals surface area contributed by atoms with E-state index in [2.05, 4.69) is 26.8 Å². The van der Waals surface area contributed by atoms with Crippen LogP contribution >= 0.6 is 0 Å². The first kappa shape index (κ1) is 17.3. The Hall–Kier alpha value is -2.54. The lowest BCUT2D eigenvalue weighted by atomic mass is 10.2. The molecule has 0 saturated carbocycles. The van der Waals surface area contributed by atoms with E-state index in [9.17, 15) is 4.79 Å². The van der Waals surface area contributed by atoms with Crippen LogP contribution in [-0.4, -0.2) is 70.4 Å². The minimum absolute atomic E-state index is 0.103. The summed E-state index contributed by atoms with van der Waals surface area (Å²) < 4.78 is 0. The number of amides is 1. The number of carbonyl (C=O) groups excluding carboxylic acids is 1. The number of anilines is 1. The molecule has 2 aromatic rings. The standard InChI is InChI=1S/C18H24N6O/c1-15(16-5-3-4-6-20-16)22(2)14-18(25)24-11-9-23(10-12-24)17-13-19-7-8-21-17/h3-8,13,15H,9-12,14H2,1-2H3/t15-/m0/s1. The molecule has 3 heterocycles. The van der Waals surface area contributed by atoms with Crippen LogP contribution in [0.15, 0.2) is 43.0 Å². The van der Waals surface area contributed by atoms with Gasteiger partial charge in [0.1, 0.15) is 5.82 Å². The zero-order valence-electron chi connectivity index (χ0n) is 14.7. The Labute approximate surface area is 148 Å². The number of nitrogens with zero attached hydrogens (tertiary/aromatic N) is 6. The third kappa shape index (κ3) is 4.30. The van der Waals surface area contributed by atoms with E-state index in [1.54, 1.807) is 24.8 Å². The maximum Gasteiger partial charge on any atom is 0.236 e. The van der Waals surface area contributed by atoms with Gasteiger partial charge in [0, 0.05) is 50.8 Å². The summed E-state index contributed by atoms with van der Waals surface area (Å²) in [5.74, 6) is 1.03. The molecule has 0 aromatic carbocycles. The van der Waals surface area contributed by atoms with Crippen molar-refractivity contribution in [1.29, 1.82) is 0 Å². The highest BCUT2D eigenvalue weighted by atomic mass is 16.2. The molecular formula is C18H24N6O. The molecule has 0 N–H and O–H groups in total. The fraction of sp³-hybridized carbons (Fsp3) is 0.444. The first-order valence-electron chi connectivity index (χ1n) is 8.55. The average Bonchev–Trinajstić information content (AvgIpc) is 2.68. The molecule has 3 rings (SSSR count). The second kappa shape index (κ2) is 8.02. The van der Waals surface area contributed by atoms with Gasteiger partial charge in [-0.25, -0.2) is 4.98 Å². The molecule has 2 aromatic heterocycles. The van der Waals surface area contributed by atoms with E-state index in [0.717, 1.165) is 24.6 Å². The van der Waals surface area contributed by atoms with E-state index in [-0.39, 0.29) is 11.9 Å². The van der Waals surface area contributed by atoms with Crippen molar-refractivity contribution in [3.63, 3.8) is 0 Å². The highest BCUT2D eigenvalue weighted by Crippen LogP contribution is 2.16. The van der Waals surface area contributed by atoms with Gasteiger partial charge in [0.05, 0.1) is 18.4 Å². The lowest BCUT2D eigenvalue weighted by Crippen LogP contribution is -2.51. The smallest absolute Gasteiger partial charge is 0.236 e. The first-order chi connectivity index (χ1) is 12.1. The minimum atomic E-state index is 0.103. The van der Waals surface area contributed by atoms with Crippen molar-refractivity contribution in [2.24, 2.45) is 0 Å². The van der Waals surface area contributed by atoms with Crippen LogP contribution in [0.2, 0.25) is 0 Å². The van der Waals surface area contributed by atoms with Crippen LogP contribution in [0.1, 0.15) is 18.7 Å². The average molecular weight is 340 g/mol. The maximum atomic E-state index is 12.6. The van der Waals surface area contributed by atoms with Crippen LogP contribution in [0, 0.1) is 0 Å². The number of aromatic nitrogens is 3. The molecule has 0 aliphatic carbocycles. The third-order valence-electron chi connectivity index (χ3n) is 4.67. The number of likely N-dealkylation sites (N-methyl/N-ethyl adjacent to an activating group) is 1. The summed E-state index contributed by atoms with van der Waals surface area (Å²) in [6.07, 6.45) is 6.91. The van der Waals surface area contributed by atoms with Crippen molar-refractivity contribution >= 4 is 11.7 Å². The molecular weight excluding hydrogens is 316 g/mol. The van der Waals surface area contributed by atoms with Crippen molar-refractivity contribution in [1.82, 2.24) is 24.8 Å². The van der Waals surface area contributed by atoms with Crippen molar-refractivity contribution in [2.75, 3.05) is 44.7 Å². The predicted octanol–water partition coefficient (Wildman–Crippen LogP) is 1.21. The van der Waals surface area contributed by atoms with Gasteiger partial charge < -0.3 is 9.80 Å². The van der Waals surface area contributed by atoms with Crippen LogP contribution in [0.4, 0.5) is 5.82 Å². The third-order valence-corrected chi connectivity index (χ3v) is 4.67. The zero-order valence-corrected chi connectivity index (χ0v) is 14.7. The normalized spacial score (nSPS) is 16.1. The monoisotopic (exact) mass is 340 g/mol. The Morgan fingerprint density at radius 2 is 1.96 bits per heavy atom. The van der Waals surface area contributed by atoms with Crippen molar-refractivity contribution in [3.05, 3.63) is 48.7 Å². The number of carbonyl (C=O) groups is 1. The van der Waals surface area contributed by atoms with Gasteiger partial charge in [0.2, 0.25) is 5.91 Å². The largest absolute Gasteiger partial charge is 0.352 e.